The summed E-state index contributed by atoms with van der Waals surface area (Å²) in [6.07, 6.45) is 1.60. The van der Waals surface area contributed by atoms with E-state index < -0.39 is 0 Å². The van der Waals surface area contributed by atoms with E-state index in [4.69, 9.17) is 4.74 Å². The first-order valence-corrected chi connectivity index (χ1v) is 8.83. The highest BCUT2D eigenvalue weighted by Crippen LogP contribution is 2.19. The number of H-pyrrole nitrogens is 1. The molecule has 6 heteroatoms. The summed E-state index contributed by atoms with van der Waals surface area (Å²) in [6.45, 7) is 3.87. The molecule has 0 spiro atoms. The fourth-order valence-electron chi connectivity index (χ4n) is 2.96. The summed E-state index contributed by atoms with van der Waals surface area (Å²) in [5.41, 5.74) is 3.14. The van der Waals surface area contributed by atoms with Crippen LogP contribution in [0.4, 0.5) is 10.1 Å². The van der Waals surface area contributed by atoms with Crippen molar-refractivity contribution in [2.75, 3.05) is 7.11 Å². The Morgan fingerprint density at radius 1 is 1.15 bits per heavy atom. The molecule has 0 fully saturated rings. The van der Waals surface area contributed by atoms with E-state index in [0.29, 0.717) is 23.4 Å². The Hall–Kier alpha value is -3.15. The molecule has 1 N–H and O–H groups in total. The minimum Gasteiger partial charge on any atom is -0.497 e. The Morgan fingerprint density at radius 2 is 1.81 bits per heavy atom. The first kappa shape index (κ1) is 18.6. The Bertz CT molecular complexity index is 999. The van der Waals surface area contributed by atoms with Crippen molar-refractivity contribution in [3.05, 3.63) is 76.0 Å². The standard InChI is InChI=1S/C21H22FN3O2/c1-4-5-19-20(14(2)23-16-8-12-18(27-3)13-9-16)21(26)25(24-19)17-10-6-15(22)7-11-17/h6-13,24H,4-5H2,1-3H3. The Kier molecular flexibility index (Phi) is 5.54. The largest absolute Gasteiger partial charge is 0.497 e. The van der Waals surface area contributed by atoms with E-state index in [0.717, 1.165) is 23.6 Å². The highest BCUT2D eigenvalue weighted by atomic mass is 19.1. The van der Waals surface area contributed by atoms with Crippen molar-refractivity contribution < 1.29 is 9.13 Å². The van der Waals surface area contributed by atoms with Crippen molar-refractivity contribution in [2.45, 2.75) is 26.7 Å². The third-order valence-electron chi connectivity index (χ3n) is 4.28. The number of rotatable bonds is 6. The lowest BCUT2D eigenvalue weighted by atomic mass is 10.1. The summed E-state index contributed by atoms with van der Waals surface area (Å²) in [4.78, 5) is 17.6. The lowest BCUT2D eigenvalue weighted by Crippen LogP contribution is -2.19. The van der Waals surface area contributed by atoms with Gasteiger partial charge in [0.2, 0.25) is 0 Å². The zero-order chi connectivity index (χ0) is 19.4. The normalized spacial score (nSPS) is 11.6. The first-order valence-electron chi connectivity index (χ1n) is 8.83. The summed E-state index contributed by atoms with van der Waals surface area (Å²) in [5, 5.41) is 3.15. The van der Waals surface area contributed by atoms with Crippen molar-refractivity contribution in [1.29, 1.82) is 0 Å². The maximum absolute atomic E-state index is 13.2. The molecule has 140 valence electrons. The average molecular weight is 367 g/mol. The summed E-state index contributed by atoms with van der Waals surface area (Å²) in [7, 11) is 1.61. The molecule has 0 bridgehead atoms. The van der Waals surface area contributed by atoms with Gasteiger partial charge in [0, 0.05) is 5.69 Å². The number of aryl methyl sites for hydroxylation is 1. The maximum atomic E-state index is 13.2. The fraction of sp³-hybridized carbons (Fsp3) is 0.238. The van der Waals surface area contributed by atoms with Gasteiger partial charge < -0.3 is 4.74 Å². The molecular formula is C21H22FN3O2. The second kappa shape index (κ2) is 8.03. The number of nitrogens with one attached hydrogen (secondary N) is 1. The predicted molar refractivity (Wildman–Crippen MR) is 105 cm³/mol. The minimum atomic E-state index is -0.343. The molecule has 0 aliphatic carbocycles. The molecule has 3 aromatic rings. The zero-order valence-electron chi connectivity index (χ0n) is 15.6. The number of aromatic amines is 1. The van der Waals surface area contributed by atoms with Gasteiger partial charge in [-0.3, -0.25) is 14.9 Å². The topological polar surface area (TPSA) is 59.4 Å². The molecule has 1 heterocycles. The second-order valence-electron chi connectivity index (χ2n) is 6.23. The summed E-state index contributed by atoms with van der Waals surface area (Å²) in [5.74, 6) is 0.406. The number of ether oxygens (including phenoxy) is 1. The minimum absolute atomic E-state index is 0.195. The Labute approximate surface area is 157 Å². The third kappa shape index (κ3) is 4.00. The second-order valence-corrected chi connectivity index (χ2v) is 6.23. The number of methoxy groups -OCH3 is 1. The quantitative estimate of drug-likeness (QED) is 0.656. The van der Waals surface area contributed by atoms with Crippen LogP contribution >= 0.6 is 0 Å². The molecule has 5 nitrogen and oxygen atoms in total. The fourth-order valence-corrected chi connectivity index (χ4v) is 2.96. The average Bonchev–Trinajstić information content (AvgIpc) is 2.99. The third-order valence-corrected chi connectivity index (χ3v) is 4.28. The van der Waals surface area contributed by atoms with Crippen LogP contribution in [0.15, 0.2) is 58.3 Å². The van der Waals surface area contributed by atoms with Gasteiger partial charge in [0.25, 0.3) is 5.56 Å². The molecule has 0 aliphatic heterocycles. The molecule has 3 rings (SSSR count). The molecule has 0 aliphatic rings. The lowest BCUT2D eigenvalue weighted by molar-refractivity contribution is 0.415. The number of benzene rings is 2. The zero-order valence-corrected chi connectivity index (χ0v) is 15.6. The van der Waals surface area contributed by atoms with Crippen LogP contribution in [0, 0.1) is 5.82 Å². The Balaban J connectivity index is 2.05. The van der Waals surface area contributed by atoms with Gasteiger partial charge >= 0.3 is 0 Å². The molecule has 0 radical (unpaired) electrons. The summed E-state index contributed by atoms with van der Waals surface area (Å²) < 4.78 is 19.8. The predicted octanol–water partition coefficient (Wildman–Crippen LogP) is 4.41. The van der Waals surface area contributed by atoms with Crippen molar-refractivity contribution in [3.63, 3.8) is 0 Å². The molecule has 0 atom stereocenters. The number of hydrogen-bond donors (Lipinski definition) is 1. The van der Waals surface area contributed by atoms with Crippen LogP contribution in [0.2, 0.25) is 0 Å². The van der Waals surface area contributed by atoms with Crippen LogP contribution in [0.25, 0.3) is 5.69 Å². The van der Waals surface area contributed by atoms with E-state index in [2.05, 4.69) is 10.1 Å². The molecule has 1 aromatic heterocycles. The van der Waals surface area contributed by atoms with Crippen LogP contribution in [0.3, 0.4) is 0 Å². The van der Waals surface area contributed by atoms with Crippen LogP contribution in [0.1, 0.15) is 31.5 Å². The van der Waals surface area contributed by atoms with Gasteiger partial charge in [0.05, 0.1) is 29.8 Å². The van der Waals surface area contributed by atoms with Gasteiger partial charge in [0.1, 0.15) is 11.6 Å². The SMILES string of the molecule is CCCc1[nH]n(-c2ccc(F)cc2)c(=O)c1C(C)=Nc1ccc(OC)cc1. The van der Waals surface area contributed by atoms with Crippen molar-refractivity contribution >= 4 is 11.4 Å². The molecule has 0 saturated heterocycles. The van der Waals surface area contributed by atoms with E-state index in [1.54, 1.807) is 19.2 Å². The summed E-state index contributed by atoms with van der Waals surface area (Å²) >= 11 is 0. The van der Waals surface area contributed by atoms with Crippen molar-refractivity contribution in [2.24, 2.45) is 4.99 Å². The van der Waals surface area contributed by atoms with Gasteiger partial charge in [-0.05, 0) is 61.9 Å². The number of halogens is 1. The van der Waals surface area contributed by atoms with E-state index in [1.807, 2.05) is 38.1 Å². The van der Waals surface area contributed by atoms with Crippen LogP contribution in [-0.2, 0) is 6.42 Å². The highest BCUT2D eigenvalue weighted by Gasteiger charge is 2.17. The van der Waals surface area contributed by atoms with E-state index in [-0.39, 0.29) is 11.4 Å². The molecule has 0 amide bonds. The lowest BCUT2D eigenvalue weighted by Gasteiger charge is -2.02. The number of aliphatic imine (C=N–C) groups is 1. The Morgan fingerprint density at radius 3 is 2.41 bits per heavy atom. The first-order chi connectivity index (χ1) is 13.0. The number of nitrogens with zero attached hydrogens (tertiary/aromatic N) is 2. The summed E-state index contributed by atoms with van der Waals surface area (Å²) in [6, 6.07) is 13.1. The monoisotopic (exact) mass is 367 g/mol. The van der Waals surface area contributed by atoms with Gasteiger partial charge in [-0.25, -0.2) is 9.07 Å². The van der Waals surface area contributed by atoms with Crippen LogP contribution in [-0.4, -0.2) is 22.6 Å². The molecule has 0 saturated carbocycles. The molecule has 2 aromatic carbocycles. The van der Waals surface area contributed by atoms with Gasteiger partial charge in [-0.2, -0.15) is 0 Å². The van der Waals surface area contributed by atoms with Gasteiger partial charge in [0.15, 0.2) is 0 Å². The van der Waals surface area contributed by atoms with Gasteiger partial charge in [-0.1, -0.05) is 13.3 Å². The molecule has 27 heavy (non-hydrogen) atoms. The van der Waals surface area contributed by atoms with Crippen molar-refractivity contribution in [3.8, 4) is 11.4 Å². The molecular weight excluding hydrogens is 345 g/mol. The maximum Gasteiger partial charge on any atom is 0.280 e. The highest BCUT2D eigenvalue weighted by molar-refractivity contribution is 6.01. The van der Waals surface area contributed by atoms with E-state index >= 15 is 0 Å². The van der Waals surface area contributed by atoms with Gasteiger partial charge in [-0.15, -0.1) is 0 Å². The number of aromatic nitrogens is 2. The smallest absolute Gasteiger partial charge is 0.280 e. The number of hydrogen-bond acceptors (Lipinski definition) is 3. The van der Waals surface area contributed by atoms with Crippen molar-refractivity contribution in [1.82, 2.24) is 9.78 Å². The van der Waals surface area contributed by atoms with E-state index in [1.165, 1.54) is 16.8 Å². The van der Waals surface area contributed by atoms with Crippen LogP contribution < -0.4 is 10.3 Å². The molecule has 0 unspecified atom stereocenters. The van der Waals surface area contributed by atoms with E-state index in [9.17, 15) is 9.18 Å². The van der Waals surface area contributed by atoms with Crippen LogP contribution in [0.5, 0.6) is 5.75 Å².